The summed E-state index contributed by atoms with van der Waals surface area (Å²) in [5.41, 5.74) is 2.63. The largest absolute Gasteiger partial charge is 0.325 e. The first-order valence-corrected chi connectivity index (χ1v) is 8.11. The summed E-state index contributed by atoms with van der Waals surface area (Å²) in [6.45, 7) is 8.47. The monoisotopic (exact) mass is 274 g/mol. The maximum atomic E-state index is 3.80. The molecule has 0 aromatic heterocycles. The Morgan fingerprint density at radius 2 is 1.55 bits per heavy atom. The summed E-state index contributed by atoms with van der Waals surface area (Å²) in [6, 6.07) is 8.79. The number of nitrogens with zero attached hydrogens (tertiary/aromatic N) is 1. The molecule has 1 aromatic rings. The Labute approximate surface area is 125 Å². The average Bonchev–Trinajstić information content (AvgIpc) is 2.43. The maximum Gasteiger partial charge on any atom is 0.104 e. The summed E-state index contributed by atoms with van der Waals surface area (Å²) in [5.74, 6) is 0. The van der Waals surface area contributed by atoms with Crippen LogP contribution in [0, 0.1) is 0 Å². The molecule has 0 heterocycles. The average molecular weight is 274 g/mol. The molecule has 1 nitrogen and oxygen atoms in total. The van der Waals surface area contributed by atoms with E-state index < -0.39 is 0 Å². The van der Waals surface area contributed by atoms with E-state index in [1.54, 1.807) is 0 Å². The third-order valence-electron chi connectivity index (χ3n) is 3.94. The summed E-state index contributed by atoms with van der Waals surface area (Å²) in [4.78, 5) is 0. The Morgan fingerprint density at radius 1 is 0.950 bits per heavy atom. The first-order valence-electron chi connectivity index (χ1n) is 8.11. The summed E-state index contributed by atoms with van der Waals surface area (Å²) >= 11 is 0. The lowest BCUT2D eigenvalue weighted by molar-refractivity contribution is -0.903. The van der Waals surface area contributed by atoms with Crippen molar-refractivity contribution in [3.05, 3.63) is 42.0 Å². The standard InChI is InChI=1S/C19H32N/c1-5-7-8-9-10-11-16-20(3,4)17-19-14-12-18(6-2)13-15-19/h6,12-15H,2,5,7-11,16-17H2,1,3-4H3/q+1. The van der Waals surface area contributed by atoms with Gasteiger partial charge in [-0.3, -0.25) is 0 Å². The Kier molecular flexibility index (Phi) is 7.61. The number of unbranched alkanes of at least 4 members (excludes halogenated alkanes) is 5. The van der Waals surface area contributed by atoms with Crippen LogP contribution in [0.25, 0.3) is 6.08 Å². The van der Waals surface area contributed by atoms with Crippen LogP contribution in [-0.2, 0) is 6.54 Å². The number of hydrogen-bond acceptors (Lipinski definition) is 0. The molecule has 1 heteroatoms. The first-order chi connectivity index (χ1) is 9.57. The van der Waals surface area contributed by atoms with Gasteiger partial charge in [0.15, 0.2) is 0 Å². The molecule has 0 radical (unpaired) electrons. The van der Waals surface area contributed by atoms with E-state index in [1.807, 2.05) is 6.08 Å². The van der Waals surface area contributed by atoms with E-state index in [0.717, 1.165) is 11.0 Å². The van der Waals surface area contributed by atoms with Gasteiger partial charge >= 0.3 is 0 Å². The van der Waals surface area contributed by atoms with Gasteiger partial charge in [-0.1, -0.05) is 69.5 Å². The SMILES string of the molecule is C=Cc1ccc(C[N+](C)(C)CCCCCCCC)cc1. The molecule has 0 aliphatic rings. The summed E-state index contributed by atoms with van der Waals surface area (Å²) in [6.07, 6.45) is 10.2. The van der Waals surface area contributed by atoms with Crippen molar-refractivity contribution < 1.29 is 4.48 Å². The zero-order valence-electron chi connectivity index (χ0n) is 13.7. The number of quaternary nitrogens is 1. The second kappa shape index (κ2) is 8.97. The molecule has 0 saturated heterocycles. The number of benzene rings is 1. The van der Waals surface area contributed by atoms with Crippen LogP contribution in [0.15, 0.2) is 30.8 Å². The minimum Gasteiger partial charge on any atom is -0.325 e. The molecule has 1 rings (SSSR count). The van der Waals surface area contributed by atoms with Gasteiger partial charge in [-0.2, -0.15) is 0 Å². The van der Waals surface area contributed by atoms with Crippen LogP contribution in [0.4, 0.5) is 0 Å². The van der Waals surface area contributed by atoms with Crippen LogP contribution in [0.1, 0.15) is 56.6 Å². The van der Waals surface area contributed by atoms with Crippen molar-refractivity contribution in [1.29, 1.82) is 0 Å². The van der Waals surface area contributed by atoms with E-state index in [-0.39, 0.29) is 0 Å². The predicted molar refractivity (Wildman–Crippen MR) is 90.6 cm³/mol. The quantitative estimate of drug-likeness (QED) is 0.403. The molecule has 0 aliphatic heterocycles. The highest BCUT2D eigenvalue weighted by Gasteiger charge is 2.15. The topological polar surface area (TPSA) is 0 Å². The second-order valence-electron chi connectivity index (χ2n) is 6.53. The summed E-state index contributed by atoms with van der Waals surface area (Å²) in [5, 5.41) is 0. The molecule has 1 aromatic carbocycles. The molecule has 0 bridgehead atoms. The van der Waals surface area contributed by atoms with Crippen molar-refractivity contribution in [3.63, 3.8) is 0 Å². The number of rotatable bonds is 10. The molecule has 0 amide bonds. The molecule has 0 spiro atoms. The Bertz CT molecular complexity index is 375. The lowest BCUT2D eigenvalue weighted by Crippen LogP contribution is -2.39. The van der Waals surface area contributed by atoms with Gasteiger partial charge < -0.3 is 4.48 Å². The third-order valence-corrected chi connectivity index (χ3v) is 3.94. The molecule has 112 valence electrons. The molecule has 0 fully saturated rings. The van der Waals surface area contributed by atoms with Gasteiger partial charge in [0, 0.05) is 5.56 Å². The highest BCUT2D eigenvalue weighted by molar-refractivity contribution is 5.47. The molecule has 0 unspecified atom stereocenters. The van der Waals surface area contributed by atoms with E-state index in [1.165, 1.54) is 56.2 Å². The Hall–Kier alpha value is -1.08. The summed E-state index contributed by atoms with van der Waals surface area (Å²) in [7, 11) is 4.68. The predicted octanol–water partition coefficient (Wildman–Crippen LogP) is 5.27. The van der Waals surface area contributed by atoms with Gasteiger partial charge in [0.05, 0.1) is 20.6 Å². The van der Waals surface area contributed by atoms with Gasteiger partial charge in [-0.15, -0.1) is 0 Å². The van der Waals surface area contributed by atoms with E-state index >= 15 is 0 Å². The zero-order chi connectivity index (χ0) is 14.8. The van der Waals surface area contributed by atoms with E-state index in [4.69, 9.17) is 0 Å². The van der Waals surface area contributed by atoms with Gasteiger partial charge in [0.25, 0.3) is 0 Å². The van der Waals surface area contributed by atoms with Crippen molar-refractivity contribution >= 4 is 6.08 Å². The molecule has 0 atom stereocenters. The fraction of sp³-hybridized carbons (Fsp3) is 0.579. The molecule has 20 heavy (non-hydrogen) atoms. The fourth-order valence-electron chi connectivity index (χ4n) is 2.65. The van der Waals surface area contributed by atoms with E-state index in [9.17, 15) is 0 Å². The zero-order valence-corrected chi connectivity index (χ0v) is 13.7. The normalized spacial score (nSPS) is 11.6. The van der Waals surface area contributed by atoms with Crippen molar-refractivity contribution in [2.75, 3.05) is 20.6 Å². The molecule has 0 saturated carbocycles. The van der Waals surface area contributed by atoms with Gasteiger partial charge in [-0.25, -0.2) is 0 Å². The molecule has 0 N–H and O–H groups in total. The van der Waals surface area contributed by atoms with E-state index in [2.05, 4.69) is 51.9 Å². The fourth-order valence-corrected chi connectivity index (χ4v) is 2.65. The minimum absolute atomic E-state index is 1.08. The Morgan fingerprint density at radius 3 is 2.15 bits per heavy atom. The van der Waals surface area contributed by atoms with Crippen LogP contribution in [0.5, 0.6) is 0 Å². The second-order valence-corrected chi connectivity index (χ2v) is 6.53. The molecule has 0 aliphatic carbocycles. The van der Waals surface area contributed by atoms with E-state index in [0.29, 0.717) is 0 Å². The number of hydrogen-bond donors (Lipinski definition) is 0. The smallest absolute Gasteiger partial charge is 0.104 e. The highest BCUT2D eigenvalue weighted by Crippen LogP contribution is 2.14. The van der Waals surface area contributed by atoms with Crippen molar-refractivity contribution in [2.45, 2.75) is 52.0 Å². The summed E-state index contributed by atoms with van der Waals surface area (Å²) < 4.78 is 1.08. The minimum atomic E-state index is 1.08. The lowest BCUT2D eigenvalue weighted by Gasteiger charge is -2.30. The van der Waals surface area contributed by atoms with Gasteiger partial charge in [-0.05, 0) is 18.4 Å². The lowest BCUT2D eigenvalue weighted by atomic mass is 10.1. The highest BCUT2D eigenvalue weighted by atomic mass is 15.3. The van der Waals surface area contributed by atoms with Crippen LogP contribution in [-0.4, -0.2) is 25.1 Å². The van der Waals surface area contributed by atoms with Crippen molar-refractivity contribution in [2.24, 2.45) is 0 Å². The van der Waals surface area contributed by atoms with Crippen molar-refractivity contribution in [1.82, 2.24) is 0 Å². The molecular weight excluding hydrogens is 242 g/mol. The van der Waals surface area contributed by atoms with Crippen LogP contribution < -0.4 is 0 Å². The van der Waals surface area contributed by atoms with Crippen LogP contribution in [0.2, 0.25) is 0 Å². The third kappa shape index (κ3) is 6.91. The Balaban J connectivity index is 2.30. The van der Waals surface area contributed by atoms with Gasteiger partial charge in [0.1, 0.15) is 6.54 Å². The van der Waals surface area contributed by atoms with Crippen molar-refractivity contribution in [3.8, 4) is 0 Å². The first kappa shape index (κ1) is 17.0. The maximum absolute atomic E-state index is 3.80. The van der Waals surface area contributed by atoms with Gasteiger partial charge in [0.2, 0.25) is 0 Å². The molecular formula is C19H32N+. The van der Waals surface area contributed by atoms with Crippen LogP contribution >= 0.6 is 0 Å². The van der Waals surface area contributed by atoms with Crippen LogP contribution in [0.3, 0.4) is 0 Å².